The number of likely N-dealkylation sites (N-methyl/N-ethyl adjacent to an activating group) is 1. The van der Waals surface area contributed by atoms with Gasteiger partial charge in [0.1, 0.15) is 5.75 Å². The number of nitrogens with zero attached hydrogens (tertiary/aromatic N) is 1. The Kier molecular flexibility index (Phi) is 6.45. The normalized spacial score (nSPS) is 13.4. The monoisotopic (exact) mass is 300 g/mol. The predicted octanol–water partition coefficient (Wildman–Crippen LogP) is 1.63. The molecule has 1 unspecified atom stereocenters. The number of ether oxygens (including phenoxy) is 1. The van der Waals surface area contributed by atoms with Gasteiger partial charge in [-0.3, -0.25) is 0 Å². The summed E-state index contributed by atoms with van der Waals surface area (Å²) in [5.41, 5.74) is 1.02. The van der Waals surface area contributed by atoms with Crippen LogP contribution in [0.1, 0.15) is 24.9 Å². The molecule has 1 rings (SSSR count). The van der Waals surface area contributed by atoms with E-state index in [2.05, 4.69) is 4.72 Å². The second-order valence-corrected chi connectivity index (χ2v) is 6.85. The van der Waals surface area contributed by atoms with Crippen LogP contribution in [0.15, 0.2) is 24.3 Å². The van der Waals surface area contributed by atoms with Gasteiger partial charge in [0.15, 0.2) is 0 Å². The van der Waals surface area contributed by atoms with Crippen LogP contribution in [0.4, 0.5) is 0 Å². The molecule has 0 aliphatic heterocycles. The van der Waals surface area contributed by atoms with Crippen molar-refractivity contribution in [1.82, 2.24) is 9.62 Å². The molecule has 0 bridgehead atoms. The lowest BCUT2D eigenvalue weighted by Gasteiger charge is -2.25. The van der Waals surface area contributed by atoms with Crippen molar-refractivity contribution >= 4 is 10.0 Å². The zero-order valence-corrected chi connectivity index (χ0v) is 13.4. The molecule has 114 valence electrons. The predicted molar refractivity (Wildman–Crippen MR) is 81.5 cm³/mol. The van der Waals surface area contributed by atoms with Crippen molar-refractivity contribution in [2.24, 2.45) is 0 Å². The van der Waals surface area contributed by atoms with Crippen LogP contribution in [-0.4, -0.2) is 46.8 Å². The molecule has 0 aliphatic carbocycles. The molecule has 0 amide bonds. The van der Waals surface area contributed by atoms with Crippen LogP contribution in [0.5, 0.6) is 5.75 Å². The maximum atomic E-state index is 11.8. The number of sulfonamides is 1. The molecule has 0 aliphatic rings. The molecular formula is C14H24N2O3S. The highest BCUT2D eigenvalue weighted by atomic mass is 32.2. The van der Waals surface area contributed by atoms with E-state index >= 15 is 0 Å². The molecule has 20 heavy (non-hydrogen) atoms. The summed E-state index contributed by atoms with van der Waals surface area (Å²) in [5.74, 6) is 0.927. The first-order chi connectivity index (χ1) is 9.39. The van der Waals surface area contributed by atoms with Crippen molar-refractivity contribution in [3.05, 3.63) is 29.8 Å². The van der Waals surface area contributed by atoms with Gasteiger partial charge >= 0.3 is 0 Å². The average Bonchev–Trinajstić information content (AvgIpc) is 2.38. The van der Waals surface area contributed by atoms with E-state index in [1.54, 1.807) is 7.11 Å². The van der Waals surface area contributed by atoms with Crippen molar-refractivity contribution in [1.29, 1.82) is 0 Å². The first-order valence-corrected chi connectivity index (χ1v) is 8.32. The van der Waals surface area contributed by atoms with E-state index in [9.17, 15) is 8.42 Å². The molecule has 1 N–H and O–H groups in total. The number of nitrogens with one attached hydrogen (secondary N) is 1. The van der Waals surface area contributed by atoms with Gasteiger partial charge in [0, 0.05) is 12.6 Å². The number of rotatable bonds is 8. The third-order valence-electron chi connectivity index (χ3n) is 3.07. The molecular weight excluding hydrogens is 276 g/mol. The highest BCUT2D eigenvalue weighted by Crippen LogP contribution is 2.22. The highest BCUT2D eigenvalue weighted by Gasteiger charge is 2.18. The van der Waals surface area contributed by atoms with Gasteiger partial charge < -0.3 is 9.64 Å². The van der Waals surface area contributed by atoms with Crippen LogP contribution < -0.4 is 9.46 Å². The zero-order valence-electron chi connectivity index (χ0n) is 12.6. The van der Waals surface area contributed by atoms with Gasteiger partial charge in [0.2, 0.25) is 10.0 Å². The molecule has 1 aromatic carbocycles. The second-order valence-electron chi connectivity index (χ2n) is 4.92. The zero-order chi connectivity index (χ0) is 15.2. The molecule has 0 radical (unpaired) electrons. The first-order valence-electron chi connectivity index (χ1n) is 6.67. The summed E-state index contributed by atoms with van der Waals surface area (Å²) >= 11 is 0. The number of methoxy groups -OCH3 is 1. The smallest absolute Gasteiger partial charge is 0.211 e. The van der Waals surface area contributed by atoms with E-state index in [1.807, 2.05) is 50.2 Å². The molecule has 0 spiro atoms. The molecule has 1 aromatic rings. The molecule has 0 aromatic heterocycles. The minimum absolute atomic E-state index is 0.0308. The van der Waals surface area contributed by atoms with E-state index in [1.165, 1.54) is 0 Å². The third kappa shape index (κ3) is 5.11. The fourth-order valence-electron chi connectivity index (χ4n) is 1.99. The molecule has 0 saturated carbocycles. The van der Waals surface area contributed by atoms with Crippen molar-refractivity contribution < 1.29 is 13.2 Å². The standard InChI is InChI=1S/C14H24N2O3S/c1-5-9-20(17,18)15-11-14(16(2)3)12-7-6-8-13(10-12)19-4/h6-8,10,14-15H,5,9,11H2,1-4H3. The van der Waals surface area contributed by atoms with Gasteiger partial charge in [0.05, 0.1) is 12.9 Å². The van der Waals surface area contributed by atoms with E-state index in [-0.39, 0.29) is 11.8 Å². The Balaban J connectivity index is 2.84. The Morgan fingerprint density at radius 3 is 2.60 bits per heavy atom. The van der Waals surface area contributed by atoms with Gasteiger partial charge in [-0.25, -0.2) is 13.1 Å². The van der Waals surface area contributed by atoms with E-state index in [0.29, 0.717) is 13.0 Å². The van der Waals surface area contributed by atoms with Gasteiger partial charge in [-0.05, 0) is 38.2 Å². The summed E-state index contributed by atoms with van der Waals surface area (Å²) < 4.78 is 31.4. The van der Waals surface area contributed by atoms with Gasteiger partial charge in [0.25, 0.3) is 0 Å². The van der Waals surface area contributed by atoms with E-state index in [0.717, 1.165) is 11.3 Å². The molecule has 0 heterocycles. The minimum atomic E-state index is -3.19. The SMILES string of the molecule is CCCS(=O)(=O)NCC(c1cccc(OC)c1)N(C)C. The Morgan fingerprint density at radius 2 is 2.05 bits per heavy atom. The fourth-order valence-corrected chi connectivity index (χ4v) is 3.09. The topological polar surface area (TPSA) is 58.6 Å². The van der Waals surface area contributed by atoms with Crippen molar-refractivity contribution in [2.75, 3.05) is 33.5 Å². The number of hydrogen-bond acceptors (Lipinski definition) is 4. The van der Waals surface area contributed by atoms with E-state index < -0.39 is 10.0 Å². The van der Waals surface area contributed by atoms with Gasteiger partial charge in [-0.1, -0.05) is 19.1 Å². The second kappa shape index (κ2) is 7.61. The lowest BCUT2D eigenvalue weighted by atomic mass is 10.1. The summed E-state index contributed by atoms with van der Waals surface area (Å²) in [6.07, 6.45) is 0.612. The Morgan fingerprint density at radius 1 is 1.35 bits per heavy atom. The van der Waals surface area contributed by atoms with Crippen molar-refractivity contribution in [3.63, 3.8) is 0 Å². The van der Waals surface area contributed by atoms with Gasteiger partial charge in [-0.2, -0.15) is 0 Å². The van der Waals surface area contributed by atoms with Crippen LogP contribution in [0.25, 0.3) is 0 Å². The maximum absolute atomic E-state index is 11.8. The summed E-state index contributed by atoms with van der Waals surface area (Å²) in [5, 5.41) is 0. The van der Waals surface area contributed by atoms with Crippen LogP contribution in [0.3, 0.4) is 0 Å². The minimum Gasteiger partial charge on any atom is -0.497 e. The summed E-state index contributed by atoms with van der Waals surface area (Å²) in [4.78, 5) is 1.99. The quantitative estimate of drug-likeness (QED) is 0.793. The van der Waals surface area contributed by atoms with Crippen LogP contribution >= 0.6 is 0 Å². The van der Waals surface area contributed by atoms with Crippen LogP contribution in [0.2, 0.25) is 0 Å². The van der Waals surface area contributed by atoms with Crippen molar-refractivity contribution in [2.45, 2.75) is 19.4 Å². The van der Waals surface area contributed by atoms with Crippen LogP contribution in [0, 0.1) is 0 Å². The molecule has 6 heteroatoms. The van der Waals surface area contributed by atoms with Crippen LogP contribution in [-0.2, 0) is 10.0 Å². The summed E-state index contributed by atoms with van der Waals surface area (Å²) in [6.45, 7) is 2.20. The molecule has 0 fully saturated rings. The van der Waals surface area contributed by atoms with E-state index in [4.69, 9.17) is 4.74 Å². The summed E-state index contributed by atoms with van der Waals surface area (Å²) in [7, 11) is 2.28. The Bertz CT molecular complexity index is 515. The third-order valence-corrected chi connectivity index (χ3v) is 4.62. The Labute approximate surface area is 122 Å². The summed E-state index contributed by atoms with van der Waals surface area (Å²) in [6, 6.07) is 7.65. The molecule has 0 saturated heterocycles. The Hall–Kier alpha value is -1.11. The first kappa shape index (κ1) is 16.9. The molecule has 5 nitrogen and oxygen atoms in total. The number of benzene rings is 1. The molecule has 1 atom stereocenters. The highest BCUT2D eigenvalue weighted by molar-refractivity contribution is 7.89. The maximum Gasteiger partial charge on any atom is 0.211 e. The lowest BCUT2D eigenvalue weighted by Crippen LogP contribution is -2.35. The average molecular weight is 300 g/mol. The lowest BCUT2D eigenvalue weighted by molar-refractivity contribution is 0.298. The van der Waals surface area contributed by atoms with Gasteiger partial charge in [-0.15, -0.1) is 0 Å². The van der Waals surface area contributed by atoms with Crippen molar-refractivity contribution in [3.8, 4) is 5.75 Å². The number of hydrogen-bond donors (Lipinski definition) is 1. The largest absolute Gasteiger partial charge is 0.497 e. The fraction of sp³-hybridized carbons (Fsp3) is 0.571.